The first kappa shape index (κ1) is 24.3. The predicted molar refractivity (Wildman–Crippen MR) is 104 cm³/mol. The fourth-order valence-corrected chi connectivity index (χ4v) is 2.80. The van der Waals surface area contributed by atoms with E-state index in [1.807, 2.05) is 19.1 Å². The van der Waals surface area contributed by atoms with Gasteiger partial charge in [0.15, 0.2) is 0 Å². The maximum atomic E-state index is 5.58. The van der Waals surface area contributed by atoms with Crippen LogP contribution in [0.15, 0.2) is 25.3 Å². The van der Waals surface area contributed by atoms with Crippen molar-refractivity contribution in [3.05, 3.63) is 25.3 Å². The van der Waals surface area contributed by atoms with Crippen molar-refractivity contribution in [3.8, 4) is 0 Å². The second-order valence-electron chi connectivity index (χ2n) is 6.16. The van der Waals surface area contributed by atoms with Crippen LogP contribution >= 0.6 is 0 Å². The summed E-state index contributed by atoms with van der Waals surface area (Å²) >= 11 is 0. The number of nitrogens with one attached hydrogen (secondary N) is 1. The lowest BCUT2D eigenvalue weighted by Crippen LogP contribution is -2.35. The topological polar surface area (TPSA) is 49.0 Å². The Morgan fingerprint density at radius 3 is 2.00 bits per heavy atom. The Labute approximate surface area is 154 Å². The lowest BCUT2D eigenvalue weighted by molar-refractivity contribution is -0.0689. The van der Waals surface area contributed by atoms with Crippen molar-refractivity contribution >= 4 is 0 Å². The molecule has 0 rings (SSSR count). The smallest absolute Gasteiger partial charge is 0.146 e. The van der Waals surface area contributed by atoms with Crippen molar-refractivity contribution in [2.24, 2.45) is 5.41 Å². The van der Waals surface area contributed by atoms with Gasteiger partial charge in [-0.25, -0.2) is 0 Å². The molecule has 0 heterocycles. The molecule has 0 saturated carbocycles. The van der Waals surface area contributed by atoms with Gasteiger partial charge in [0.2, 0.25) is 0 Å². The van der Waals surface area contributed by atoms with Gasteiger partial charge >= 0.3 is 0 Å². The van der Waals surface area contributed by atoms with Crippen LogP contribution in [-0.2, 0) is 18.9 Å². The quantitative estimate of drug-likeness (QED) is 0.205. The molecule has 5 heteroatoms. The fourth-order valence-electron chi connectivity index (χ4n) is 2.80. The number of ether oxygens (including phenoxy) is 4. The first-order valence-corrected chi connectivity index (χ1v) is 9.48. The SMILES string of the molecule is C=CCC(CC=C)(CCC)CNCCOCCOCCOCOCC. The van der Waals surface area contributed by atoms with E-state index >= 15 is 0 Å². The summed E-state index contributed by atoms with van der Waals surface area (Å²) in [7, 11) is 0. The van der Waals surface area contributed by atoms with Crippen LogP contribution in [0.25, 0.3) is 0 Å². The largest absolute Gasteiger partial charge is 0.378 e. The fraction of sp³-hybridized carbons (Fsp3) is 0.800. The lowest BCUT2D eigenvalue weighted by atomic mass is 9.77. The van der Waals surface area contributed by atoms with Gasteiger partial charge in [-0.05, 0) is 31.6 Å². The Hall–Kier alpha value is -0.720. The maximum Gasteiger partial charge on any atom is 0.146 e. The average Bonchev–Trinajstić information content (AvgIpc) is 2.60. The molecule has 0 spiro atoms. The summed E-state index contributed by atoms with van der Waals surface area (Å²) in [6.07, 6.45) is 8.42. The monoisotopic (exact) mass is 357 g/mol. The Morgan fingerprint density at radius 1 is 0.840 bits per heavy atom. The Kier molecular flexibility index (Phi) is 17.6. The van der Waals surface area contributed by atoms with Gasteiger partial charge in [0.05, 0.1) is 33.0 Å². The van der Waals surface area contributed by atoms with Crippen molar-refractivity contribution in [1.82, 2.24) is 5.32 Å². The second kappa shape index (κ2) is 18.1. The molecule has 0 saturated heterocycles. The van der Waals surface area contributed by atoms with Gasteiger partial charge in [-0.15, -0.1) is 13.2 Å². The summed E-state index contributed by atoms with van der Waals surface area (Å²) < 4.78 is 21.3. The highest BCUT2D eigenvalue weighted by Gasteiger charge is 2.25. The van der Waals surface area contributed by atoms with Crippen molar-refractivity contribution in [2.75, 3.05) is 59.5 Å². The van der Waals surface area contributed by atoms with E-state index in [1.54, 1.807) is 0 Å². The molecule has 0 radical (unpaired) electrons. The highest BCUT2D eigenvalue weighted by Crippen LogP contribution is 2.32. The highest BCUT2D eigenvalue weighted by molar-refractivity contribution is 4.92. The van der Waals surface area contributed by atoms with Gasteiger partial charge in [0.1, 0.15) is 6.79 Å². The van der Waals surface area contributed by atoms with Gasteiger partial charge < -0.3 is 24.3 Å². The van der Waals surface area contributed by atoms with E-state index in [0.717, 1.165) is 25.9 Å². The molecule has 0 aromatic rings. The third-order valence-corrected chi connectivity index (χ3v) is 3.97. The third-order valence-electron chi connectivity index (χ3n) is 3.97. The van der Waals surface area contributed by atoms with Crippen LogP contribution in [0.3, 0.4) is 0 Å². The van der Waals surface area contributed by atoms with E-state index in [-0.39, 0.29) is 5.41 Å². The molecule has 0 fully saturated rings. The number of hydrogen-bond donors (Lipinski definition) is 1. The minimum Gasteiger partial charge on any atom is -0.378 e. The van der Waals surface area contributed by atoms with Gasteiger partial charge in [-0.3, -0.25) is 0 Å². The lowest BCUT2D eigenvalue weighted by Gasteiger charge is -2.32. The molecule has 1 N–H and O–H groups in total. The first-order chi connectivity index (χ1) is 12.2. The average molecular weight is 358 g/mol. The summed E-state index contributed by atoms with van der Waals surface area (Å²) in [6, 6.07) is 0. The third kappa shape index (κ3) is 14.2. The minimum atomic E-state index is 0.239. The van der Waals surface area contributed by atoms with Crippen LogP contribution in [0.1, 0.15) is 39.5 Å². The van der Waals surface area contributed by atoms with E-state index in [0.29, 0.717) is 46.4 Å². The predicted octanol–water partition coefficient (Wildman–Crippen LogP) is 3.56. The molecule has 25 heavy (non-hydrogen) atoms. The molecule has 0 unspecified atom stereocenters. The summed E-state index contributed by atoms with van der Waals surface area (Å²) in [5.41, 5.74) is 0.239. The normalized spacial score (nSPS) is 11.6. The van der Waals surface area contributed by atoms with E-state index in [9.17, 15) is 0 Å². The molecule has 148 valence electrons. The Balaban J connectivity index is 3.59. The Morgan fingerprint density at radius 2 is 1.44 bits per heavy atom. The van der Waals surface area contributed by atoms with Gasteiger partial charge in [-0.2, -0.15) is 0 Å². The summed E-state index contributed by atoms with van der Waals surface area (Å²) in [6.45, 7) is 17.8. The summed E-state index contributed by atoms with van der Waals surface area (Å²) in [5, 5.41) is 3.52. The van der Waals surface area contributed by atoms with E-state index in [4.69, 9.17) is 18.9 Å². The molecular weight excluding hydrogens is 318 g/mol. The maximum absolute atomic E-state index is 5.58. The van der Waals surface area contributed by atoms with Crippen molar-refractivity contribution < 1.29 is 18.9 Å². The molecule has 0 amide bonds. The zero-order chi connectivity index (χ0) is 18.6. The molecule has 5 nitrogen and oxygen atoms in total. The van der Waals surface area contributed by atoms with Gasteiger partial charge in [0.25, 0.3) is 0 Å². The number of allylic oxidation sites excluding steroid dienone is 2. The van der Waals surface area contributed by atoms with E-state index in [2.05, 4.69) is 25.4 Å². The summed E-state index contributed by atoms with van der Waals surface area (Å²) in [5.74, 6) is 0. The molecule has 0 aromatic heterocycles. The van der Waals surface area contributed by atoms with Crippen LogP contribution in [0.2, 0.25) is 0 Å². The standard InChI is InChI=1S/C20H39NO4/c1-5-9-20(10-6-2,11-7-3)18-21-12-13-23-14-15-24-16-17-25-19-22-8-4/h5-6,21H,1-2,7-19H2,3-4H3. The molecule has 0 aliphatic carbocycles. The molecule has 0 bridgehead atoms. The van der Waals surface area contributed by atoms with Crippen LogP contribution in [-0.4, -0.2) is 59.5 Å². The zero-order valence-corrected chi connectivity index (χ0v) is 16.4. The van der Waals surface area contributed by atoms with Gasteiger partial charge in [0, 0.05) is 19.7 Å². The molecule has 0 aliphatic heterocycles. The van der Waals surface area contributed by atoms with Crippen molar-refractivity contribution in [1.29, 1.82) is 0 Å². The van der Waals surface area contributed by atoms with Crippen LogP contribution in [0.5, 0.6) is 0 Å². The summed E-state index contributed by atoms with van der Waals surface area (Å²) in [4.78, 5) is 0. The molecular formula is C20H39NO4. The molecule has 0 aliphatic rings. The molecule has 0 atom stereocenters. The number of rotatable bonds is 20. The first-order valence-electron chi connectivity index (χ1n) is 9.48. The minimum absolute atomic E-state index is 0.239. The Bertz CT molecular complexity index is 300. The molecule has 0 aromatic carbocycles. The van der Waals surface area contributed by atoms with Crippen molar-refractivity contribution in [3.63, 3.8) is 0 Å². The number of hydrogen-bond acceptors (Lipinski definition) is 5. The van der Waals surface area contributed by atoms with Gasteiger partial charge in [-0.1, -0.05) is 25.5 Å². The van der Waals surface area contributed by atoms with Crippen LogP contribution < -0.4 is 5.32 Å². The van der Waals surface area contributed by atoms with Crippen molar-refractivity contribution in [2.45, 2.75) is 39.5 Å². The zero-order valence-electron chi connectivity index (χ0n) is 16.4. The highest BCUT2D eigenvalue weighted by atomic mass is 16.7. The van der Waals surface area contributed by atoms with E-state index < -0.39 is 0 Å². The second-order valence-corrected chi connectivity index (χ2v) is 6.16. The van der Waals surface area contributed by atoms with Crippen LogP contribution in [0.4, 0.5) is 0 Å². The van der Waals surface area contributed by atoms with Crippen LogP contribution in [0, 0.1) is 5.41 Å². The van der Waals surface area contributed by atoms with E-state index in [1.165, 1.54) is 12.8 Å².